The molecule has 0 saturated carbocycles. The Kier molecular flexibility index (Phi) is 4.09. The first-order valence-electron chi connectivity index (χ1n) is 8.88. The van der Waals surface area contributed by atoms with E-state index in [1.165, 1.54) is 0 Å². The molecule has 4 aromatic rings. The predicted molar refractivity (Wildman–Crippen MR) is 102 cm³/mol. The monoisotopic (exact) mass is 394 g/mol. The van der Waals surface area contributed by atoms with Gasteiger partial charge in [-0.25, -0.2) is 0 Å². The molecule has 0 radical (unpaired) electrons. The molecule has 1 fully saturated rings. The molecule has 1 amide bonds. The highest BCUT2D eigenvalue weighted by Gasteiger charge is 2.36. The molecule has 0 unspecified atom stereocenters. The van der Waals surface area contributed by atoms with Crippen molar-refractivity contribution in [2.45, 2.75) is 12.3 Å². The van der Waals surface area contributed by atoms with Crippen LogP contribution < -0.4 is 0 Å². The van der Waals surface area contributed by atoms with Crippen molar-refractivity contribution in [3.8, 4) is 11.4 Å². The topological polar surface area (TPSA) is 85.3 Å². The molecule has 2 aromatic heterocycles. The summed E-state index contributed by atoms with van der Waals surface area (Å²) in [6.45, 7) is 1.09. The van der Waals surface area contributed by atoms with E-state index in [0.717, 1.165) is 10.9 Å². The average Bonchev–Trinajstić information content (AvgIpc) is 3.29. The van der Waals surface area contributed by atoms with Gasteiger partial charge in [0, 0.05) is 29.1 Å². The average molecular weight is 395 g/mol. The number of para-hydroxylation sites is 1. The van der Waals surface area contributed by atoms with Crippen LogP contribution in [-0.2, 0) is 11.2 Å². The number of amides is 1. The van der Waals surface area contributed by atoms with E-state index in [1.807, 2.05) is 36.4 Å². The summed E-state index contributed by atoms with van der Waals surface area (Å²) in [6, 6.07) is 14.8. The minimum atomic E-state index is 0.00452. The Balaban J connectivity index is 1.23. The standard InChI is InChI=1S/C20H15ClN4O3/c21-14-5-3-4-12(8-14)19-22-20(28-24-19)13-10-25(11-13)18(26)9-16-15-6-1-2-7-17(15)27-23-16/h1-8,13H,9-11H2. The van der Waals surface area contributed by atoms with E-state index < -0.39 is 0 Å². The van der Waals surface area contributed by atoms with Gasteiger partial charge in [0.25, 0.3) is 0 Å². The van der Waals surface area contributed by atoms with Gasteiger partial charge in [-0.15, -0.1) is 0 Å². The summed E-state index contributed by atoms with van der Waals surface area (Å²) >= 11 is 6.01. The fourth-order valence-corrected chi connectivity index (χ4v) is 3.50. The van der Waals surface area contributed by atoms with Crippen LogP contribution in [0.1, 0.15) is 17.5 Å². The lowest BCUT2D eigenvalue weighted by Crippen LogP contribution is -2.49. The van der Waals surface area contributed by atoms with Crippen molar-refractivity contribution < 1.29 is 13.8 Å². The summed E-state index contributed by atoms with van der Waals surface area (Å²) in [5.41, 5.74) is 2.14. The lowest BCUT2D eigenvalue weighted by Gasteiger charge is -2.37. The highest BCUT2D eigenvalue weighted by atomic mass is 35.5. The Morgan fingerprint density at radius 1 is 1.11 bits per heavy atom. The van der Waals surface area contributed by atoms with Crippen molar-refractivity contribution in [1.29, 1.82) is 0 Å². The van der Waals surface area contributed by atoms with Crippen molar-refractivity contribution in [1.82, 2.24) is 20.2 Å². The van der Waals surface area contributed by atoms with Gasteiger partial charge in [-0.05, 0) is 24.3 Å². The summed E-state index contributed by atoms with van der Waals surface area (Å²) in [5.74, 6) is 1.07. The Hall–Kier alpha value is -3.19. The molecule has 7 nitrogen and oxygen atoms in total. The summed E-state index contributed by atoms with van der Waals surface area (Å²) in [4.78, 5) is 18.8. The van der Waals surface area contributed by atoms with E-state index in [1.54, 1.807) is 17.0 Å². The first kappa shape index (κ1) is 16.9. The third-order valence-corrected chi connectivity index (χ3v) is 5.11. The van der Waals surface area contributed by atoms with Crippen LogP contribution in [0, 0.1) is 0 Å². The quantitative estimate of drug-likeness (QED) is 0.524. The molecule has 0 N–H and O–H groups in total. The van der Waals surface area contributed by atoms with Crippen LogP contribution in [0.4, 0.5) is 0 Å². The van der Waals surface area contributed by atoms with Crippen LogP contribution in [-0.4, -0.2) is 39.2 Å². The molecule has 28 heavy (non-hydrogen) atoms. The molecule has 0 spiro atoms. The number of carbonyl (C=O) groups is 1. The van der Waals surface area contributed by atoms with Gasteiger partial charge < -0.3 is 13.9 Å². The molecule has 2 aromatic carbocycles. The summed E-state index contributed by atoms with van der Waals surface area (Å²) in [5, 5.41) is 9.53. The van der Waals surface area contributed by atoms with E-state index >= 15 is 0 Å². The molecule has 1 saturated heterocycles. The van der Waals surface area contributed by atoms with Gasteiger partial charge in [0.15, 0.2) is 5.58 Å². The van der Waals surface area contributed by atoms with Gasteiger partial charge in [0.05, 0.1) is 12.3 Å². The molecule has 1 aliphatic rings. The molecule has 0 bridgehead atoms. The zero-order valence-electron chi connectivity index (χ0n) is 14.7. The number of halogens is 1. The summed E-state index contributed by atoms with van der Waals surface area (Å²) < 4.78 is 10.6. The van der Waals surface area contributed by atoms with Crippen molar-refractivity contribution in [2.24, 2.45) is 0 Å². The largest absolute Gasteiger partial charge is 0.356 e. The molecular formula is C20H15ClN4O3. The lowest BCUT2D eigenvalue weighted by atomic mass is 9.99. The molecule has 1 aliphatic heterocycles. The molecule has 3 heterocycles. The molecule has 0 atom stereocenters. The number of aromatic nitrogens is 3. The lowest BCUT2D eigenvalue weighted by molar-refractivity contribution is -0.135. The maximum atomic E-state index is 12.5. The first-order chi connectivity index (χ1) is 13.7. The van der Waals surface area contributed by atoms with Gasteiger partial charge in [-0.1, -0.05) is 46.2 Å². The van der Waals surface area contributed by atoms with Crippen LogP contribution in [0.5, 0.6) is 0 Å². The number of fused-ring (bicyclic) bond motifs is 1. The van der Waals surface area contributed by atoms with Crippen LogP contribution in [0.2, 0.25) is 5.02 Å². The summed E-state index contributed by atoms with van der Waals surface area (Å²) in [6.07, 6.45) is 0.210. The Morgan fingerprint density at radius 2 is 1.96 bits per heavy atom. The van der Waals surface area contributed by atoms with Gasteiger partial charge in [-0.2, -0.15) is 4.98 Å². The molecule has 8 heteroatoms. The Morgan fingerprint density at radius 3 is 2.82 bits per heavy atom. The van der Waals surface area contributed by atoms with E-state index in [4.69, 9.17) is 20.6 Å². The van der Waals surface area contributed by atoms with Crippen molar-refractivity contribution >= 4 is 28.5 Å². The van der Waals surface area contributed by atoms with Crippen LogP contribution in [0.25, 0.3) is 22.4 Å². The fourth-order valence-electron chi connectivity index (χ4n) is 3.30. The smallest absolute Gasteiger partial charge is 0.233 e. The fraction of sp³-hybridized carbons (Fsp3) is 0.200. The van der Waals surface area contributed by atoms with Gasteiger partial charge >= 0.3 is 0 Å². The van der Waals surface area contributed by atoms with E-state index in [2.05, 4.69) is 15.3 Å². The van der Waals surface area contributed by atoms with E-state index in [-0.39, 0.29) is 18.2 Å². The minimum absolute atomic E-state index is 0.00452. The second-order valence-corrected chi connectivity index (χ2v) is 7.20. The van der Waals surface area contributed by atoms with E-state index in [0.29, 0.717) is 41.1 Å². The maximum Gasteiger partial charge on any atom is 0.233 e. The van der Waals surface area contributed by atoms with Crippen LogP contribution in [0.15, 0.2) is 57.6 Å². The van der Waals surface area contributed by atoms with Gasteiger partial charge in [-0.3, -0.25) is 4.79 Å². The van der Waals surface area contributed by atoms with Crippen LogP contribution >= 0.6 is 11.6 Å². The predicted octanol–water partition coefficient (Wildman–Crippen LogP) is 3.70. The highest BCUT2D eigenvalue weighted by Crippen LogP contribution is 2.29. The molecule has 140 valence electrons. The van der Waals surface area contributed by atoms with Crippen LogP contribution in [0.3, 0.4) is 0 Å². The Bertz CT molecular complexity index is 1160. The van der Waals surface area contributed by atoms with Gasteiger partial charge in [0.2, 0.25) is 17.6 Å². The van der Waals surface area contributed by atoms with Crippen molar-refractivity contribution in [3.63, 3.8) is 0 Å². The highest BCUT2D eigenvalue weighted by molar-refractivity contribution is 6.30. The number of hydrogen-bond acceptors (Lipinski definition) is 6. The normalized spacial score (nSPS) is 14.4. The zero-order chi connectivity index (χ0) is 19.1. The second kappa shape index (κ2) is 6.76. The number of benzene rings is 2. The Labute approximate surface area is 164 Å². The van der Waals surface area contributed by atoms with Gasteiger partial charge in [0.1, 0.15) is 5.69 Å². The van der Waals surface area contributed by atoms with Crippen molar-refractivity contribution in [2.75, 3.05) is 13.1 Å². The second-order valence-electron chi connectivity index (χ2n) is 6.76. The first-order valence-corrected chi connectivity index (χ1v) is 9.26. The number of hydrogen-bond donors (Lipinski definition) is 0. The zero-order valence-corrected chi connectivity index (χ0v) is 15.5. The molecular weight excluding hydrogens is 380 g/mol. The van der Waals surface area contributed by atoms with E-state index in [9.17, 15) is 4.79 Å². The third-order valence-electron chi connectivity index (χ3n) is 4.88. The maximum absolute atomic E-state index is 12.5. The van der Waals surface area contributed by atoms with Crippen molar-refractivity contribution in [3.05, 3.63) is 65.1 Å². The third kappa shape index (κ3) is 3.03. The molecule has 5 rings (SSSR count). The number of rotatable bonds is 4. The summed E-state index contributed by atoms with van der Waals surface area (Å²) in [7, 11) is 0. The molecule has 0 aliphatic carbocycles. The number of carbonyl (C=O) groups excluding carboxylic acids is 1. The number of nitrogens with zero attached hydrogens (tertiary/aromatic N) is 4. The SMILES string of the molecule is O=C(Cc1noc2ccccc12)N1CC(c2nc(-c3cccc(Cl)c3)no2)C1. The number of likely N-dealkylation sites (tertiary alicyclic amines) is 1. The minimum Gasteiger partial charge on any atom is -0.356 e.